The van der Waals surface area contributed by atoms with Crippen LogP contribution < -0.4 is 11.5 Å². The fourth-order valence-corrected chi connectivity index (χ4v) is 10.9. The molecule has 0 saturated heterocycles. The molecule has 0 aromatic heterocycles. The van der Waals surface area contributed by atoms with Crippen molar-refractivity contribution in [2.45, 2.75) is 136 Å². The maximum absolute atomic E-state index is 15.1. The monoisotopic (exact) mass is 644 g/mol. The van der Waals surface area contributed by atoms with Crippen molar-refractivity contribution in [3.05, 3.63) is 23.8 Å². The number of nitrogen functional groups attached to an aromatic ring is 2. The molecule has 0 amide bonds. The average Bonchev–Trinajstić information content (AvgIpc) is 3.29. The molecule has 1 aromatic rings. The lowest BCUT2D eigenvalue weighted by atomic mass is 9.44. The van der Waals surface area contributed by atoms with Gasteiger partial charge in [-0.1, -0.05) is 53.9 Å². The number of hydrogen-bond acceptors (Lipinski definition) is 3. The number of ether oxygens (including phenoxy) is 1. The molecule has 4 saturated carbocycles. The minimum absolute atomic E-state index is 0.0340. The van der Waals surface area contributed by atoms with E-state index in [0.717, 1.165) is 43.2 Å². The van der Waals surface area contributed by atoms with Gasteiger partial charge in [-0.05, 0) is 128 Å². The van der Waals surface area contributed by atoms with Gasteiger partial charge in [-0.3, -0.25) is 0 Å². The van der Waals surface area contributed by atoms with Gasteiger partial charge in [-0.2, -0.15) is 26.3 Å². The summed E-state index contributed by atoms with van der Waals surface area (Å²) in [4.78, 5) is 0. The summed E-state index contributed by atoms with van der Waals surface area (Å²) in [5.74, 6) is -7.17. The molecule has 4 aliphatic rings. The standard InChI is InChI=1S/C36H54F6N2O/c1-21(2)7-6-8-22(3)27-13-14-28-26-11-9-23-19-25(15-17-32(23,4)29(26)16-18-33(27,28)5)45-36(41,42)35(39,40)34(37,38)30-12-10-24(43)20-31(30)44/h10,12,20-23,25-29H,6-9,11,13-19,43-44H2,1-5H3/t22-,23?,25?,26?,27-,28?,29?,32+,33-/m1/s1. The third-order valence-corrected chi connectivity index (χ3v) is 13.3. The van der Waals surface area contributed by atoms with Crippen LogP contribution in [0.5, 0.6) is 0 Å². The number of fused-ring (bicyclic) bond motifs is 5. The van der Waals surface area contributed by atoms with Gasteiger partial charge in [0.05, 0.1) is 11.7 Å². The first kappa shape index (κ1) is 34.7. The SMILES string of the molecule is CC(C)CCC[C@@H](C)[C@H]1CCC2C3CCC4CC(OC(F)(F)C(F)(F)C(F)(F)c5ccc(N)cc5N)CC[C@]4(C)C3CC[C@@]21C. The van der Waals surface area contributed by atoms with E-state index < -0.39 is 35.3 Å². The number of hydrogen-bond donors (Lipinski definition) is 2. The number of alkyl halides is 6. The van der Waals surface area contributed by atoms with Gasteiger partial charge < -0.3 is 16.2 Å². The van der Waals surface area contributed by atoms with E-state index in [1.165, 1.54) is 38.5 Å². The highest BCUT2D eigenvalue weighted by Gasteiger charge is 2.74. The quantitative estimate of drug-likeness (QED) is 0.197. The summed E-state index contributed by atoms with van der Waals surface area (Å²) in [6.45, 7) is 11.8. The van der Waals surface area contributed by atoms with Gasteiger partial charge in [-0.25, -0.2) is 0 Å². The third kappa shape index (κ3) is 5.88. The molecule has 9 atom stereocenters. The Hall–Kier alpha value is -1.64. The van der Waals surface area contributed by atoms with Crippen LogP contribution in [0.1, 0.15) is 117 Å². The van der Waals surface area contributed by atoms with Crippen LogP contribution in [0.4, 0.5) is 37.7 Å². The first-order chi connectivity index (χ1) is 20.8. The van der Waals surface area contributed by atoms with Crippen LogP contribution in [0.2, 0.25) is 0 Å². The second-order valence-corrected chi connectivity index (χ2v) is 16.2. The van der Waals surface area contributed by atoms with E-state index in [4.69, 9.17) is 11.5 Å². The van der Waals surface area contributed by atoms with E-state index >= 15 is 8.78 Å². The van der Waals surface area contributed by atoms with E-state index in [2.05, 4.69) is 39.4 Å². The largest absolute Gasteiger partial charge is 0.426 e. The molecular weight excluding hydrogens is 590 g/mol. The van der Waals surface area contributed by atoms with Crippen molar-refractivity contribution < 1.29 is 31.1 Å². The Kier molecular flexibility index (Phi) is 9.33. The van der Waals surface area contributed by atoms with Gasteiger partial charge >= 0.3 is 18.0 Å². The number of benzene rings is 1. The zero-order valence-electron chi connectivity index (χ0n) is 27.7. The summed E-state index contributed by atoms with van der Waals surface area (Å²) < 4.78 is 94.7. The first-order valence-corrected chi connectivity index (χ1v) is 17.3. The Morgan fingerprint density at radius 2 is 1.51 bits per heavy atom. The molecule has 0 aliphatic heterocycles. The zero-order chi connectivity index (χ0) is 33.2. The molecule has 0 radical (unpaired) electrons. The van der Waals surface area contributed by atoms with Gasteiger partial charge in [0.1, 0.15) is 0 Å². The summed E-state index contributed by atoms with van der Waals surface area (Å²) in [6, 6.07) is 2.35. The van der Waals surface area contributed by atoms with E-state index in [1.54, 1.807) is 0 Å². The average molecular weight is 645 g/mol. The van der Waals surface area contributed by atoms with Crippen molar-refractivity contribution in [2.75, 3.05) is 11.5 Å². The molecule has 5 unspecified atom stereocenters. The first-order valence-electron chi connectivity index (χ1n) is 17.3. The van der Waals surface area contributed by atoms with Crippen molar-refractivity contribution in [3.63, 3.8) is 0 Å². The van der Waals surface area contributed by atoms with E-state index in [9.17, 15) is 17.6 Å². The zero-order valence-corrected chi connectivity index (χ0v) is 27.7. The number of nitrogens with two attached hydrogens (primary N) is 2. The Morgan fingerprint density at radius 1 is 0.844 bits per heavy atom. The Bertz CT molecular complexity index is 1210. The van der Waals surface area contributed by atoms with Crippen LogP contribution in [0.3, 0.4) is 0 Å². The summed E-state index contributed by atoms with van der Waals surface area (Å²) >= 11 is 0. The maximum Gasteiger partial charge on any atom is 0.426 e. The third-order valence-electron chi connectivity index (χ3n) is 13.3. The topological polar surface area (TPSA) is 61.3 Å². The van der Waals surface area contributed by atoms with E-state index in [1.807, 2.05) is 0 Å². The molecule has 1 aromatic carbocycles. The predicted molar refractivity (Wildman–Crippen MR) is 167 cm³/mol. The highest BCUT2D eigenvalue weighted by molar-refractivity contribution is 5.58. The number of anilines is 2. The van der Waals surface area contributed by atoms with Crippen molar-refractivity contribution >= 4 is 11.4 Å². The lowest BCUT2D eigenvalue weighted by Gasteiger charge is -2.61. The molecule has 9 heteroatoms. The van der Waals surface area contributed by atoms with Gasteiger partial charge in [-0.15, -0.1) is 0 Å². The highest BCUT2D eigenvalue weighted by atomic mass is 19.3. The predicted octanol–water partition coefficient (Wildman–Crippen LogP) is 10.7. The normalized spacial score (nSPS) is 36.4. The number of rotatable bonds is 10. The molecule has 4 aliphatic carbocycles. The molecular formula is C36H54F6N2O. The van der Waals surface area contributed by atoms with Gasteiger partial charge in [0.2, 0.25) is 0 Å². The van der Waals surface area contributed by atoms with Crippen LogP contribution in [-0.4, -0.2) is 18.1 Å². The molecule has 256 valence electrons. The lowest BCUT2D eigenvalue weighted by Crippen LogP contribution is -2.57. The van der Waals surface area contributed by atoms with Crippen molar-refractivity contribution in [1.29, 1.82) is 0 Å². The molecule has 4 N–H and O–H groups in total. The maximum atomic E-state index is 15.1. The van der Waals surface area contributed by atoms with Gasteiger partial charge in [0.15, 0.2) is 0 Å². The Morgan fingerprint density at radius 3 is 2.18 bits per heavy atom. The Balaban J connectivity index is 1.25. The molecule has 45 heavy (non-hydrogen) atoms. The molecule has 4 fully saturated rings. The molecule has 5 rings (SSSR count). The van der Waals surface area contributed by atoms with Crippen LogP contribution >= 0.6 is 0 Å². The number of halogens is 6. The fourth-order valence-electron chi connectivity index (χ4n) is 10.9. The highest BCUT2D eigenvalue weighted by Crippen LogP contribution is 2.69. The van der Waals surface area contributed by atoms with Crippen molar-refractivity contribution in [1.82, 2.24) is 0 Å². The van der Waals surface area contributed by atoms with E-state index in [0.29, 0.717) is 41.6 Å². The molecule has 3 nitrogen and oxygen atoms in total. The molecule has 0 heterocycles. The van der Waals surface area contributed by atoms with Crippen molar-refractivity contribution in [3.8, 4) is 0 Å². The molecule has 0 spiro atoms. The fraction of sp³-hybridized carbons (Fsp3) is 0.833. The summed E-state index contributed by atoms with van der Waals surface area (Å²) in [7, 11) is 0. The summed E-state index contributed by atoms with van der Waals surface area (Å²) in [6.07, 6.45) is 4.76. The van der Waals surface area contributed by atoms with Gasteiger partial charge in [0.25, 0.3) is 0 Å². The summed E-state index contributed by atoms with van der Waals surface area (Å²) in [5.41, 5.74) is 8.98. The minimum Gasteiger partial charge on any atom is -0.399 e. The van der Waals surface area contributed by atoms with Crippen LogP contribution in [0.15, 0.2) is 18.2 Å². The van der Waals surface area contributed by atoms with Gasteiger partial charge in [0, 0.05) is 11.4 Å². The van der Waals surface area contributed by atoms with Crippen LogP contribution in [0.25, 0.3) is 0 Å². The second kappa shape index (κ2) is 12.1. The minimum atomic E-state index is -5.82. The Labute approximate surface area is 265 Å². The molecule has 0 bridgehead atoms. The lowest BCUT2D eigenvalue weighted by molar-refractivity contribution is -0.414. The smallest absolute Gasteiger partial charge is 0.399 e. The van der Waals surface area contributed by atoms with E-state index in [-0.39, 0.29) is 29.9 Å². The van der Waals surface area contributed by atoms with Crippen LogP contribution in [-0.2, 0) is 10.7 Å². The summed E-state index contributed by atoms with van der Waals surface area (Å²) in [5, 5.41) is 0. The van der Waals surface area contributed by atoms with Crippen LogP contribution in [0, 0.1) is 52.3 Å². The van der Waals surface area contributed by atoms with Crippen molar-refractivity contribution in [2.24, 2.45) is 52.3 Å². The second-order valence-electron chi connectivity index (χ2n) is 16.2.